The number of nitrogens with zero attached hydrogens (tertiary/aromatic N) is 1. The van der Waals surface area contributed by atoms with Crippen LogP contribution < -0.4 is 9.47 Å². The van der Waals surface area contributed by atoms with Gasteiger partial charge >= 0.3 is 5.97 Å². The summed E-state index contributed by atoms with van der Waals surface area (Å²) in [6.07, 6.45) is 1.38. The topological polar surface area (TPSA) is 88.5 Å². The molecule has 2 aliphatic heterocycles. The largest absolute Gasteiger partial charge is 0.493 e. The highest BCUT2D eigenvalue weighted by Crippen LogP contribution is 2.65. The number of aliphatic hydroxyl groups excluding tert-OH is 1. The number of hydrogen-bond acceptors (Lipinski definition) is 7. The van der Waals surface area contributed by atoms with Crippen LogP contribution in [0, 0.1) is 0 Å². The van der Waals surface area contributed by atoms with Gasteiger partial charge in [0.15, 0.2) is 23.7 Å². The van der Waals surface area contributed by atoms with E-state index in [-0.39, 0.29) is 6.04 Å². The van der Waals surface area contributed by atoms with E-state index in [9.17, 15) is 15.0 Å². The Hall–Kier alpha value is -2.87. The highest BCUT2D eigenvalue weighted by Gasteiger charge is 2.72. The van der Waals surface area contributed by atoms with E-state index in [2.05, 4.69) is 11.0 Å². The zero-order chi connectivity index (χ0) is 23.0. The summed E-state index contributed by atoms with van der Waals surface area (Å²) in [5, 5.41) is 22.8. The van der Waals surface area contributed by atoms with E-state index < -0.39 is 29.2 Å². The number of ether oxygens (including phenoxy) is 3. The summed E-state index contributed by atoms with van der Waals surface area (Å²) in [5.41, 5.74) is 0.757. The summed E-state index contributed by atoms with van der Waals surface area (Å²) in [6.45, 7) is 0.788. The van der Waals surface area contributed by atoms with Crippen LogP contribution in [0.3, 0.4) is 0 Å². The van der Waals surface area contributed by atoms with Gasteiger partial charge in [-0.15, -0.1) is 0 Å². The second kappa shape index (κ2) is 7.06. The van der Waals surface area contributed by atoms with Crippen LogP contribution >= 0.6 is 0 Å². The highest BCUT2D eigenvalue weighted by molar-refractivity contribution is 5.77. The molecule has 2 N–H and O–H groups in total. The standard InChI is InChI=1S/C26H27NO6/c1-27-13-12-25-20-16-8-9-17(31-2)22(20)33-23(25)18(10-11-26(25,30)19(27)14-16)32-24(29)21(28)15-6-4-3-5-7-15/h3-10,19,21,23,28,30H,11-14H2,1-2H3/t19-,21-,23+,25+,26-/m1/s1. The van der Waals surface area contributed by atoms with Crippen LogP contribution in [0.1, 0.15) is 35.6 Å². The Morgan fingerprint density at radius 3 is 2.79 bits per heavy atom. The molecule has 5 atom stereocenters. The van der Waals surface area contributed by atoms with Crippen molar-refractivity contribution in [2.45, 2.75) is 48.5 Å². The molecule has 6 rings (SSSR count). The lowest BCUT2D eigenvalue weighted by molar-refractivity contribution is -0.172. The van der Waals surface area contributed by atoms with E-state index in [4.69, 9.17) is 14.2 Å². The van der Waals surface area contributed by atoms with E-state index in [0.717, 1.165) is 17.7 Å². The fourth-order valence-electron chi connectivity index (χ4n) is 6.53. The number of likely N-dealkylation sites (tertiary alicyclic amines) is 1. The van der Waals surface area contributed by atoms with Crippen molar-refractivity contribution in [1.82, 2.24) is 4.90 Å². The van der Waals surface area contributed by atoms with Gasteiger partial charge in [-0.25, -0.2) is 4.79 Å². The number of rotatable bonds is 4. The zero-order valence-electron chi connectivity index (χ0n) is 18.7. The molecule has 2 aliphatic carbocycles. The molecule has 2 aromatic carbocycles. The third-order valence-electron chi connectivity index (χ3n) is 8.11. The van der Waals surface area contributed by atoms with Crippen LogP contribution in [0.4, 0.5) is 0 Å². The number of aliphatic hydroxyl groups is 2. The first kappa shape index (κ1) is 20.7. The summed E-state index contributed by atoms with van der Waals surface area (Å²) in [4.78, 5) is 15.1. The van der Waals surface area contributed by atoms with Gasteiger partial charge in [-0.1, -0.05) is 36.4 Å². The van der Waals surface area contributed by atoms with Crippen molar-refractivity contribution in [2.24, 2.45) is 0 Å². The van der Waals surface area contributed by atoms with Crippen LogP contribution in [-0.2, 0) is 21.4 Å². The number of esters is 1. The first-order valence-electron chi connectivity index (χ1n) is 11.3. The fourth-order valence-corrected chi connectivity index (χ4v) is 6.53. The number of piperidine rings is 1. The van der Waals surface area contributed by atoms with Gasteiger partial charge in [-0.05, 0) is 49.7 Å². The number of carbonyl (C=O) groups is 1. The summed E-state index contributed by atoms with van der Waals surface area (Å²) >= 11 is 0. The van der Waals surface area contributed by atoms with Crippen LogP contribution in [0.5, 0.6) is 11.5 Å². The lowest BCUT2D eigenvalue weighted by atomic mass is 9.50. The van der Waals surface area contributed by atoms with Gasteiger partial charge in [0.2, 0.25) is 0 Å². The first-order valence-corrected chi connectivity index (χ1v) is 11.3. The van der Waals surface area contributed by atoms with E-state index in [0.29, 0.717) is 42.1 Å². The summed E-state index contributed by atoms with van der Waals surface area (Å²) in [5.74, 6) is 0.802. The van der Waals surface area contributed by atoms with Gasteiger partial charge in [-0.2, -0.15) is 0 Å². The van der Waals surface area contributed by atoms with Crippen LogP contribution in [-0.4, -0.2) is 59.5 Å². The van der Waals surface area contributed by atoms with Gasteiger partial charge in [0.1, 0.15) is 5.76 Å². The average molecular weight is 450 g/mol. The van der Waals surface area contributed by atoms with Gasteiger partial charge in [-0.3, -0.25) is 0 Å². The lowest BCUT2D eigenvalue weighted by Gasteiger charge is -2.61. The van der Waals surface area contributed by atoms with E-state index >= 15 is 0 Å². The number of likely N-dealkylation sites (N-methyl/N-ethyl adjacent to an activating group) is 1. The maximum atomic E-state index is 12.9. The molecule has 0 amide bonds. The summed E-state index contributed by atoms with van der Waals surface area (Å²) in [7, 11) is 3.64. The number of hydrogen-bond donors (Lipinski definition) is 2. The van der Waals surface area contributed by atoms with Crippen LogP contribution in [0.2, 0.25) is 0 Å². The number of carbonyl (C=O) groups excluding carboxylic acids is 1. The Morgan fingerprint density at radius 2 is 2.03 bits per heavy atom. The van der Waals surface area contributed by atoms with Gasteiger partial charge in [0.25, 0.3) is 0 Å². The SMILES string of the molecule is COc1ccc2c3c1O[C@H]1C(OC(=O)[C@H](O)c4ccccc4)=CC[C@@]4(O)[C@@H](C2)N(C)CC[C@]314. The van der Waals surface area contributed by atoms with E-state index in [1.165, 1.54) is 0 Å². The van der Waals surface area contributed by atoms with Crippen molar-refractivity contribution in [3.63, 3.8) is 0 Å². The molecule has 1 saturated heterocycles. The number of methoxy groups -OCH3 is 1. The molecule has 4 aliphatic rings. The highest BCUT2D eigenvalue weighted by atomic mass is 16.6. The minimum Gasteiger partial charge on any atom is -0.493 e. The molecule has 0 aromatic heterocycles. The Balaban J connectivity index is 1.44. The Morgan fingerprint density at radius 1 is 1.24 bits per heavy atom. The van der Waals surface area contributed by atoms with Crippen molar-refractivity contribution < 1.29 is 29.2 Å². The molecular formula is C26H27NO6. The predicted molar refractivity (Wildman–Crippen MR) is 119 cm³/mol. The summed E-state index contributed by atoms with van der Waals surface area (Å²) in [6, 6.07) is 12.6. The molecule has 1 spiro atoms. The number of benzene rings is 2. The third kappa shape index (κ3) is 2.58. The maximum absolute atomic E-state index is 12.9. The van der Waals surface area contributed by atoms with Gasteiger partial charge in [0.05, 0.1) is 18.1 Å². The molecule has 2 bridgehead atoms. The summed E-state index contributed by atoms with van der Waals surface area (Å²) < 4.78 is 17.8. The maximum Gasteiger partial charge on any atom is 0.344 e. The molecule has 2 aromatic rings. The van der Waals surface area contributed by atoms with E-state index in [1.807, 2.05) is 19.2 Å². The second-order valence-electron chi connectivity index (χ2n) is 9.52. The Bertz CT molecular complexity index is 1160. The third-order valence-corrected chi connectivity index (χ3v) is 8.11. The molecular weight excluding hydrogens is 422 g/mol. The molecule has 2 heterocycles. The normalized spacial score (nSPS) is 32.3. The van der Waals surface area contributed by atoms with Gasteiger partial charge in [0, 0.05) is 18.0 Å². The molecule has 0 saturated carbocycles. The Labute approximate surface area is 192 Å². The zero-order valence-corrected chi connectivity index (χ0v) is 18.7. The molecule has 7 nitrogen and oxygen atoms in total. The van der Waals surface area contributed by atoms with Crippen LogP contribution in [0.25, 0.3) is 0 Å². The minimum atomic E-state index is -1.41. The quantitative estimate of drug-likeness (QED) is 0.692. The Kier molecular flexibility index (Phi) is 4.43. The predicted octanol–water partition coefficient (Wildman–Crippen LogP) is 2.25. The fraction of sp³-hybridized carbons (Fsp3) is 0.423. The molecule has 1 fully saturated rings. The molecule has 172 valence electrons. The van der Waals surface area contributed by atoms with Crippen molar-refractivity contribution in [3.8, 4) is 11.5 Å². The molecule has 33 heavy (non-hydrogen) atoms. The van der Waals surface area contributed by atoms with Crippen molar-refractivity contribution in [2.75, 3.05) is 20.7 Å². The molecule has 7 heteroatoms. The molecule has 0 radical (unpaired) electrons. The average Bonchev–Trinajstić information content (AvgIpc) is 3.19. The van der Waals surface area contributed by atoms with Gasteiger partial charge < -0.3 is 29.3 Å². The first-order chi connectivity index (χ1) is 15.9. The van der Waals surface area contributed by atoms with Crippen molar-refractivity contribution in [3.05, 3.63) is 71.0 Å². The van der Waals surface area contributed by atoms with Crippen LogP contribution in [0.15, 0.2) is 54.3 Å². The lowest BCUT2D eigenvalue weighted by Crippen LogP contribution is -2.74. The van der Waals surface area contributed by atoms with Crippen molar-refractivity contribution in [1.29, 1.82) is 0 Å². The van der Waals surface area contributed by atoms with Crippen molar-refractivity contribution >= 4 is 5.97 Å². The minimum absolute atomic E-state index is 0.0763. The monoisotopic (exact) mass is 449 g/mol. The smallest absolute Gasteiger partial charge is 0.344 e. The van der Waals surface area contributed by atoms with E-state index in [1.54, 1.807) is 37.5 Å². The second-order valence-corrected chi connectivity index (χ2v) is 9.52. The molecule has 0 unspecified atom stereocenters.